The molecule has 15 heavy (non-hydrogen) atoms. The van der Waals surface area contributed by atoms with Crippen molar-refractivity contribution in [2.75, 3.05) is 6.61 Å². The van der Waals surface area contributed by atoms with Gasteiger partial charge in [0.25, 0.3) is 0 Å². The first-order chi connectivity index (χ1) is 7.02. The zero-order valence-electron chi connectivity index (χ0n) is 10.5. The Balaban J connectivity index is 2.00. The second kappa shape index (κ2) is 4.06. The van der Waals surface area contributed by atoms with Crippen LogP contribution in [0, 0.1) is 17.3 Å². The summed E-state index contributed by atoms with van der Waals surface area (Å²) < 4.78 is 11.6. The van der Waals surface area contributed by atoms with Gasteiger partial charge in [0.1, 0.15) is 0 Å². The number of rotatable bonds is 2. The number of ether oxygens (including phenoxy) is 2. The molecule has 0 amide bonds. The molecule has 0 aromatic carbocycles. The molecule has 88 valence electrons. The SMILES string of the molecule is CCO[C@H]1C[C@@H]2[C@@H](C)CC(C)(C)C[C@H]2O1. The minimum Gasteiger partial charge on any atom is -0.353 e. The van der Waals surface area contributed by atoms with Crippen LogP contribution in [0.1, 0.15) is 47.0 Å². The van der Waals surface area contributed by atoms with Crippen LogP contribution in [0.4, 0.5) is 0 Å². The van der Waals surface area contributed by atoms with Crippen molar-refractivity contribution >= 4 is 0 Å². The number of fused-ring (bicyclic) bond motifs is 1. The monoisotopic (exact) mass is 212 g/mol. The lowest BCUT2D eigenvalue weighted by Gasteiger charge is -2.40. The van der Waals surface area contributed by atoms with Crippen LogP contribution in [0.5, 0.6) is 0 Å². The molecule has 0 aromatic heterocycles. The van der Waals surface area contributed by atoms with E-state index in [-0.39, 0.29) is 6.29 Å². The number of hydrogen-bond acceptors (Lipinski definition) is 2. The first-order valence-electron chi connectivity index (χ1n) is 6.29. The molecule has 0 aromatic rings. The molecular weight excluding hydrogens is 188 g/mol. The maximum Gasteiger partial charge on any atom is 0.158 e. The van der Waals surface area contributed by atoms with Gasteiger partial charge in [-0.15, -0.1) is 0 Å². The van der Waals surface area contributed by atoms with E-state index in [0.717, 1.165) is 24.9 Å². The summed E-state index contributed by atoms with van der Waals surface area (Å²) in [6.07, 6.45) is 4.15. The summed E-state index contributed by atoms with van der Waals surface area (Å²) in [5.74, 6) is 1.51. The third kappa shape index (κ3) is 2.36. The van der Waals surface area contributed by atoms with Gasteiger partial charge in [-0.25, -0.2) is 0 Å². The first-order valence-corrected chi connectivity index (χ1v) is 6.29. The van der Waals surface area contributed by atoms with Gasteiger partial charge in [-0.2, -0.15) is 0 Å². The van der Waals surface area contributed by atoms with E-state index in [9.17, 15) is 0 Å². The van der Waals surface area contributed by atoms with Crippen LogP contribution < -0.4 is 0 Å². The highest BCUT2D eigenvalue weighted by Crippen LogP contribution is 2.48. The van der Waals surface area contributed by atoms with Crippen molar-refractivity contribution in [3.63, 3.8) is 0 Å². The lowest BCUT2D eigenvalue weighted by Crippen LogP contribution is -2.36. The third-order valence-electron chi connectivity index (χ3n) is 3.98. The molecule has 1 aliphatic carbocycles. The van der Waals surface area contributed by atoms with E-state index in [0.29, 0.717) is 11.5 Å². The van der Waals surface area contributed by atoms with Crippen LogP contribution in [0.3, 0.4) is 0 Å². The molecule has 1 aliphatic heterocycles. The van der Waals surface area contributed by atoms with E-state index >= 15 is 0 Å². The van der Waals surface area contributed by atoms with Gasteiger partial charge < -0.3 is 9.47 Å². The molecule has 1 saturated heterocycles. The third-order valence-corrected chi connectivity index (χ3v) is 3.98. The van der Waals surface area contributed by atoms with Gasteiger partial charge in [-0.1, -0.05) is 20.8 Å². The molecule has 0 N–H and O–H groups in total. The fourth-order valence-electron chi connectivity index (χ4n) is 3.47. The predicted molar refractivity (Wildman–Crippen MR) is 60.6 cm³/mol. The van der Waals surface area contributed by atoms with E-state index in [1.165, 1.54) is 12.8 Å². The van der Waals surface area contributed by atoms with Crippen molar-refractivity contribution in [2.24, 2.45) is 17.3 Å². The van der Waals surface area contributed by atoms with E-state index in [2.05, 4.69) is 20.8 Å². The number of hydrogen-bond donors (Lipinski definition) is 0. The predicted octanol–water partition coefficient (Wildman–Crippen LogP) is 3.21. The van der Waals surface area contributed by atoms with Crippen molar-refractivity contribution in [1.29, 1.82) is 0 Å². The Kier molecular flexibility index (Phi) is 3.09. The van der Waals surface area contributed by atoms with Crippen LogP contribution in [-0.2, 0) is 9.47 Å². The van der Waals surface area contributed by atoms with Crippen LogP contribution in [0.2, 0.25) is 0 Å². The van der Waals surface area contributed by atoms with E-state index < -0.39 is 0 Å². The average Bonchev–Trinajstić information content (AvgIpc) is 2.46. The normalized spacial score (nSPS) is 44.0. The molecule has 2 aliphatic rings. The van der Waals surface area contributed by atoms with Crippen molar-refractivity contribution in [3.8, 4) is 0 Å². The Bertz CT molecular complexity index is 225. The largest absolute Gasteiger partial charge is 0.353 e. The summed E-state index contributed by atoms with van der Waals surface area (Å²) in [5.41, 5.74) is 0.446. The molecule has 2 heteroatoms. The highest BCUT2D eigenvalue weighted by atomic mass is 16.7. The van der Waals surface area contributed by atoms with Gasteiger partial charge in [0.15, 0.2) is 6.29 Å². The minimum absolute atomic E-state index is 0.0707. The Morgan fingerprint density at radius 1 is 1.33 bits per heavy atom. The van der Waals surface area contributed by atoms with Crippen molar-refractivity contribution in [3.05, 3.63) is 0 Å². The molecule has 0 unspecified atom stereocenters. The molecule has 2 nitrogen and oxygen atoms in total. The Labute approximate surface area is 93.3 Å². The van der Waals surface area contributed by atoms with E-state index in [4.69, 9.17) is 9.47 Å². The summed E-state index contributed by atoms with van der Waals surface area (Å²) in [5, 5.41) is 0. The first kappa shape index (κ1) is 11.4. The molecule has 4 atom stereocenters. The second-order valence-corrected chi connectivity index (χ2v) is 6.01. The van der Waals surface area contributed by atoms with Gasteiger partial charge in [-0.05, 0) is 37.0 Å². The zero-order valence-corrected chi connectivity index (χ0v) is 10.5. The highest BCUT2D eigenvalue weighted by Gasteiger charge is 2.46. The molecule has 0 bridgehead atoms. The van der Waals surface area contributed by atoms with Crippen LogP contribution >= 0.6 is 0 Å². The standard InChI is InChI=1S/C13H24O2/c1-5-14-12-6-10-9(2)7-13(3,4)8-11(10)15-12/h9-12H,5-8H2,1-4H3/t9-,10+,11+,12+/m0/s1. The van der Waals surface area contributed by atoms with Gasteiger partial charge >= 0.3 is 0 Å². The smallest absolute Gasteiger partial charge is 0.158 e. The van der Waals surface area contributed by atoms with Crippen molar-refractivity contribution < 1.29 is 9.47 Å². The average molecular weight is 212 g/mol. The van der Waals surface area contributed by atoms with Crippen molar-refractivity contribution in [2.45, 2.75) is 59.4 Å². The van der Waals surface area contributed by atoms with Gasteiger partial charge in [0, 0.05) is 13.0 Å². The molecule has 0 spiro atoms. The maximum absolute atomic E-state index is 5.99. The Hall–Kier alpha value is -0.0800. The summed E-state index contributed by atoms with van der Waals surface area (Å²) >= 11 is 0. The van der Waals surface area contributed by atoms with E-state index in [1.807, 2.05) is 6.92 Å². The summed E-state index contributed by atoms with van der Waals surface area (Å²) in [6, 6.07) is 0. The topological polar surface area (TPSA) is 18.5 Å². The van der Waals surface area contributed by atoms with Crippen molar-refractivity contribution in [1.82, 2.24) is 0 Å². The second-order valence-electron chi connectivity index (χ2n) is 6.01. The fourth-order valence-corrected chi connectivity index (χ4v) is 3.47. The van der Waals surface area contributed by atoms with Gasteiger partial charge in [0.2, 0.25) is 0 Å². The minimum atomic E-state index is 0.0707. The highest BCUT2D eigenvalue weighted by molar-refractivity contribution is 4.93. The Morgan fingerprint density at radius 2 is 2.07 bits per heavy atom. The molecule has 0 radical (unpaired) electrons. The lowest BCUT2D eigenvalue weighted by molar-refractivity contribution is -0.141. The van der Waals surface area contributed by atoms with Crippen LogP contribution in [-0.4, -0.2) is 19.0 Å². The summed E-state index contributed by atoms with van der Waals surface area (Å²) in [4.78, 5) is 0. The van der Waals surface area contributed by atoms with E-state index in [1.54, 1.807) is 0 Å². The van der Waals surface area contributed by atoms with Gasteiger partial charge in [-0.3, -0.25) is 0 Å². The zero-order chi connectivity index (χ0) is 11.1. The molecule has 2 rings (SSSR count). The fraction of sp³-hybridized carbons (Fsp3) is 1.00. The molecular formula is C13H24O2. The van der Waals surface area contributed by atoms with Crippen LogP contribution in [0.15, 0.2) is 0 Å². The molecule has 1 heterocycles. The Morgan fingerprint density at radius 3 is 2.73 bits per heavy atom. The maximum atomic E-state index is 5.99. The lowest BCUT2D eigenvalue weighted by atomic mass is 9.66. The van der Waals surface area contributed by atoms with Crippen LogP contribution in [0.25, 0.3) is 0 Å². The molecule has 1 saturated carbocycles. The quantitative estimate of drug-likeness (QED) is 0.699. The summed E-state index contributed by atoms with van der Waals surface area (Å²) in [7, 11) is 0. The van der Waals surface area contributed by atoms with Gasteiger partial charge in [0.05, 0.1) is 6.10 Å². The molecule has 2 fully saturated rings. The summed E-state index contributed by atoms with van der Waals surface area (Å²) in [6.45, 7) is 9.89.